The molecule has 1 fully saturated rings. The molecule has 30 heavy (non-hydrogen) atoms. The second-order valence-corrected chi connectivity index (χ2v) is 7.70. The molecule has 1 aliphatic heterocycles. The van der Waals surface area contributed by atoms with Crippen LogP contribution in [0, 0.1) is 0 Å². The molecule has 0 aliphatic carbocycles. The molecule has 0 unspecified atom stereocenters. The number of nitrogens with zero attached hydrogens (tertiary/aromatic N) is 1. The van der Waals surface area contributed by atoms with E-state index in [2.05, 4.69) is 34.1 Å². The molecule has 150 valence electrons. The fourth-order valence-corrected chi connectivity index (χ4v) is 4.24. The fourth-order valence-electron chi connectivity index (χ4n) is 4.24. The van der Waals surface area contributed by atoms with Crippen molar-refractivity contribution in [3.05, 3.63) is 82.3 Å². The number of carbonyl (C=O) groups is 1. The summed E-state index contributed by atoms with van der Waals surface area (Å²) in [6.07, 6.45) is 2.46. The highest BCUT2D eigenvalue weighted by atomic mass is 16.5. The van der Waals surface area contributed by atoms with Crippen LogP contribution in [0.1, 0.15) is 15.9 Å². The molecule has 0 bridgehead atoms. The minimum atomic E-state index is -0.145. The highest BCUT2D eigenvalue weighted by Crippen LogP contribution is 2.30. The van der Waals surface area contributed by atoms with E-state index in [9.17, 15) is 9.59 Å². The van der Waals surface area contributed by atoms with Gasteiger partial charge in [0.15, 0.2) is 6.29 Å². The molecule has 1 aromatic heterocycles. The molecule has 4 aromatic rings. The summed E-state index contributed by atoms with van der Waals surface area (Å²) in [6, 6.07) is 18.1. The van der Waals surface area contributed by atoms with E-state index in [0.717, 1.165) is 66.4 Å². The molecule has 0 amide bonds. The second-order valence-electron chi connectivity index (χ2n) is 7.70. The van der Waals surface area contributed by atoms with Crippen LogP contribution in [0.5, 0.6) is 0 Å². The summed E-state index contributed by atoms with van der Waals surface area (Å²) in [5.41, 5.74) is 3.82. The normalized spacial score (nSPS) is 14.9. The largest absolute Gasteiger partial charge is 0.379 e. The van der Waals surface area contributed by atoms with Crippen molar-refractivity contribution in [1.29, 1.82) is 0 Å². The number of aromatic nitrogens is 1. The first kappa shape index (κ1) is 18.7. The van der Waals surface area contributed by atoms with Crippen LogP contribution in [-0.4, -0.2) is 42.5 Å². The zero-order valence-electron chi connectivity index (χ0n) is 16.6. The number of rotatable bonds is 4. The maximum Gasteiger partial charge on any atom is 0.256 e. The van der Waals surface area contributed by atoms with Gasteiger partial charge in [-0.3, -0.25) is 14.5 Å². The van der Waals surface area contributed by atoms with Crippen molar-refractivity contribution in [3.8, 4) is 11.1 Å². The van der Waals surface area contributed by atoms with Crippen molar-refractivity contribution in [2.45, 2.75) is 6.54 Å². The number of hydrogen-bond acceptors (Lipinski definition) is 4. The smallest absolute Gasteiger partial charge is 0.256 e. The molecular weight excluding hydrogens is 376 g/mol. The number of benzene rings is 3. The molecule has 2 heterocycles. The third-order valence-corrected chi connectivity index (χ3v) is 5.83. The first-order valence-electron chi connectivity index (χ1n) is 10.2. The molecule has 5 heteroatoms. The maximum atomic E-state index is 12.5. The predicted molar refractivity (Wildman–Crippen MR) is 119 cm³/mol. The van der Waals surface area contributed by atoms with Gasteiger partial charge >= 0.3 is 0 Å². The summed E-state index contributed by atoms with van der Waals surface area (Å²) in [4.78, 5) is 29.3. The van der Waals surface area contributed by atoms with Gasteiger partial charge in [-0.15, -0.1) is 0 Å². The molecule has 5 nitrogen and oxygen atoms in total. The van der Waals surface area contributed by atoms with E-state index < -0.39 is 0 Å². The van der Waals surface area contributed by atoms with Crippen molar-refractivity contribution < 1.29 is 9.53 Å². The van der Waals surface area contributed by atoms with Gasteiger partial charge in [0.2, 0.25) is 0 Å². The van der Waals surface area contributed by atoms with Crippen molar-refractivity contribution in [2.24, 2.45) is 0 Å². The molecule has 3 aromatic carbocycles. The lowest BCUT2D eigenvalue weighted by atomic mass is 9.94. The Morgan fingerprint density at radius 2 is 1.70 bits per heavy atom. The van der Waals surface area contributed by atoms with Crippen LogP contribution in [0.3, 0.4) is 0 Å². The Bertz CT molecular complexity index is 1290. The van der Waals surface area contributed by atoms with E-state index in [1.807, 2.05) is 24.3 Å². The van der Waals surface area contributed by atoms with Gasteiger partial charge < -0.3 is 9.72 Å². The van der Waals surface area contributed by atoms with Crippen molar-refractivity contribution >= 4 is 27.8 Å². The summed E-state index contributed by atoms with van der Waals surface area (Å²) in [5.74, 6) is 0. The molecule has 5 rings (SSSR count). The third kappa shape index (κ3) is 3.43. The summed E-state index contributed by atoms with van der Waals surface area (Å²) < 4.78 is 5.42. The maximum absolute atomic E-state index is 12.5. The van der Waals surface area contributed by atoms with Gasteiger partial charge in [0.25, 0.3) is 5.56 Å². The van der Waals surface area contributed by atoms with Crippen LogP contribution in [0.4, 0.5) is 0 Å². The molecular formula is C25H22N2O3. The van der Waals surface area contributed by atoms with Gasteiger partial charge in [0.1, 0.15) is 0 Å². The molecule has 0 saturated carbocycles. The number of fused-ring (bicyclic) bond motifs is 3. The average Bonchev–Trinajstić information content (AvgIpc) is 2.79. The minimum absolute atomic E-state index is 0.145. The Hall–Kier alpha value is -3.28. The lowest BCUT2D eigenvalue weighted by Crippen LogP contribution is -2.35. The number of aldehydes is 1. The van der Waals surface area contributed by atoms with E-state index in [-0.39, 0.29) is 5.56 Å². The number of aromatic amines is 1. The number of H-pyrrole nitrogens is 1. The minimum Gasteiger partial charge on any atom is -0.379 e. The quantitative estimate of drug-likeness (QED) is 0.417. The predicted octanol–water partition coefficient (Wildman–Crippen LogP) is 3.99. The Morgan fingerprint density at radius 1 is 0.933 bits per heavy atom. The van der Waals surface area contributed by atoms with Crippen LogP contribution in [0.2, 0.25) is 0 Å². The van der Waals surface area contributed by atoms with E-state index >= 15 is 0 Å². The Kier molecular flexibility index (Phi) is 4.91. The molecule has 1 N–H and O–H groups in total. The van der Waals surface area contributed by atoms with E-state index in [0.29, 0.717) is 10.9 Å². The molecule has 0 spiro atoms. The highest BCUT2D eigenvalue weighted by molar-refractivity contribution is 6.14. The lowest BCUT2D eigenvalue weighted by molar-refractivity contribution is 0.0342. The Balaban J connectivity index is 1.55. The van der Waals surface area contributed by atoms with Gasteiger partial charge in [-0.25, -0.2) is 0 Å². The topological polar surface area (TPSA) is 62.4 Å². The van der Waals surface area contributed by atoms with Crippen molar-refractivity contribution in [2.75, 3.05) is 26.3 Å². The molecule has 1 aliphatic rings. The summed E-state index contributed by atoms with van der Waals surface area (Å²) >= 11 is 0. The molecule has 0 atom stereocenters. The SMILES string of the molecule is O=Cc1cc2cc[nH]c(=O)c2c2cc(-c3ccc(CN4CCOCC4)cc3)ccc12. The summed E-state index contributed by atoms with van der Waals surface area (Å²) in [7, 11) is 0. The van der Waals surface area contributed by atoms with Crippen molar-refractivity contribution in [3.63, 3.8) is 0 Å². The Labute approximate surface area is 173 Å². The number of ether oxygens (including phenoxy) is 1. The third-order valence-electron chi connectivity index (χ3n) is 5.83. The second kappa shape index (κ2) is 7.86. The first-order valence-corrected chi connectivity index (χ1v) is 10.2. The molecule has 1 saturated heterocycles. The lowest BCUT2D eigenvalue weighted by Gasteiger charge is -2.26. The Morgan fingerprint density at radius 3 is 2.47 bits per heavy atom. The fraction of sp³-hybridized carbons (Fsp3) is 0.200. The van der Waals surface area contributed by atoms with Crippen molar-refractivity contribution in [1.82, 2.24) is 9.88 Å². The van der Waals surface area contributed by atoms with Gasteiger partial charge in [-0.05, 0) is 51.0 Å². The number of morpholine rings is 1. The monoisotopic (exact) mass is 398 g/mol. The average molecular weight is 398 g/mol. The van der Waals surface area contributed by atoms with Gasteiger partial charge in [0.05, 0.1) is 18.6 Å². The summed E-state index contributed by atoms with van der Waals surface area (Å²) in [5, 5.41) is 2.98. The van der Waals surface area contributed by atoms with Gasteiger partial charge in [0, 0.05) is 31.4 Å². The van der Waals surface area contributed by atoms with E-state index in [1.165, 1.54) is 5.56 Å². The zero-order chi connectivity index (χ0) is 20.5. The summed E-state index contributed by atoms with van der Waals surface area (Å²) in [6.45, 7) is 4.44. The van der Waals surface area contributed by atoms with Crippen LogP contribution >= 0.6 is 0 Å². The van der Waals surface area contributed by atoms with E-state index in [4.69, 9.17) is 4.74 Å². The number of hydrogen-bond donors (Lipinski definition) is 1. The number of pyridine rings is 1. The standard InChI is InChI=1S/C25H22N2O3/c28-16-21-13-20-7-8-26-25(29)24(20)23-14-19(5-6-22(21)23)18-3-1-17(2-4-18)15-27-9-11-30-12-10-27/h1-8,13-14,16H,9-12,15H2,(H,26,29). The molecule has 0 radical (unpaired) electrons. The highest BCUT2D eigenvalue weighted by Gasteiger charge is 2.12. The van der Waals surface area contributed by atoms with Crippen LogP contribution < -0.4 is 5.56 Å². The van der Waals surface area contributed by atoms with Gasteiger partial charge in [-0.1, -0.05) is 36.4 Å². The van der Waals surface area contributed by atoms with Crippen LogP contribution in [0.15, 0.2) is 65.6 Å². The van der Waals surface area contributed by atoms with Crippen LogP contribution in [0.25, 0.3) is 32.7 Å². The van der Waals surface area contributed by atoms with Crippen LogP contribution in [-0.2, 0) is 11.3 Å². The van der Waals surface area contributed by atoms with Gasteiger partial charge in [-0.2, -0.15) is 0 Å². The first-order chi connectivity index (χ1) is 14.7. The number of nitrogens with one attached hydrogen (secondary N) is 1. The van der Waals surface area contributed by atoms with E-state index in [1.54, 1.807) is 12.3 Å². The zero-order valence-corrected chi connectivity index (χ0v) is 16.6. The number of carbonyl (C=O) groups excluding carboxylic acids is 1.